The summed E-state index contributed by atoms with van der Waals surface area (Å²) in [6.07, 6.45) is 0. The van der Waals surface area contributed by atoms with Gasteiger partial charge in [-0.1, -0.05) is 0 Å². The Morgan fingerprint density at radius 2 is 1.72 bits per heavy atom. The second-order valence-electron chi connectivity index (χ2n) is 7.23. The molecular formula is C22H27N3O4. The van der Waals surface area contributed by atoms with Crippen LogP contribution in [0.2, 0.25) is 0 Å². The summed E-state index contributed by atoms with van der Waals surface area (Å²) in [6.45, 7) is 5.43. The summed E-state index contributed by atoms with van der Waals surface area (Å²) in [5.41, 5.74) is 3.06. The van der Waals surface area contributed by atoms with Crippen molar-refractivity contribution in [3.05, 3.63) is 45.7 Å². The number of aryl methyl sites for hydroxylation is 2. The van der Waals surface area contributed by atoms with E-state index in [0.29, 0.717) is 34.8 Å². The Hall–Kier alpha value is -3.06. The minimum atomic E-state index is -0.258. The van der Waals surface area contributed by atoms with E-state index in [4.69, 9.17) is 14.2 Å². The zero-order valence-corrected chi connectivity index (χ0v) is 17.8. The Balaban J connectivity index is 2.05. The summed E-state index contributed by atoms with van der Waals surface area (Å²) >= 11 is 0. The van der Waals surface area contributed by atoms with E-state index in [1.807, 2.05) is 40.1 Å². The lowest BCUT2D eigenvalue weighted by Gasteiger charge is -2.16. The minimum absolute atomic E-state index is 0.258. The molecule has 0 radical (unpaired) electrons. The number of aromatic nitrogens is 2. The van der Waals surface area contributed by atoms with Crippen molar-refractivity contribution in [2.24, 2.45) is 0 Å². The maximum absolute atomic E-state index is 12.7. The molecule has 1 heterocycles. The summed E-state index contributed by atoms with van der Waals surface area (Å²) in [5.74, 6) is 2.36. The van der Waals surface area contributed by atoms with Crippen LogP contribution in [0.3, 0.4) is 0 Å². The van der Waals surface area contributed by atoms with Gasteiger partial charge in [0.25, 0.3) is 5.56 Å². The average molecular weight is 397 g/mol. The summed E-state index contributed by atoms with van der Waals surface area (Å²) < 4.78 is 16.6. The van der Waals surface area contributed by atoms with E-state index in [-0.39, 0.29) is 5.56 Å². The molecule has 0 atom stereocenters. The molecule has 0 aliphatic rings. The van der Waals surface area contributed by atoms with Crippen molar-refractivity contribution in [3.8, 4) is 28.6 Å². The van der Waals surface area contributed by atoms with Crippen molar-refractivity contribution in [2.75, 3.05) is 41.5 Å². The molecule has 0 spiro atoms. The Labute approximate surface area is 170 Å². The second-order valence-corrected chi connectivity index (χ2v) is 7.23. The maximum Gasteiger partial charge on any atom is 0.262 e. The zero-order valence-electron chi connectivity index (χ0n) is 17.8. The fraction of sp³-hybridized carbons (Fsp3) is 0.364. The predicted molar refractivity (Wildman–Crippen MR) is 114 cm³/mol. The highest BCUT2D eigenvalue weighted by Crippen LogP contribution is 2.31. The number of benzene rings is 2. The van der Waals surface area contributed by atoms with Crippen LogP contribution in [0.25, 0.3) is 22.3 Å². The lowest BCUT2D eigenvalue weighted by molar-refractivity contribution is 0.259. The third kappa shape index (κ3) is 4.35. The number of aromatic amines is 1. The van der Waals surface area contributed by atoms with Crippen LogP contribution in [0.15, 0.2) is 29.1 Å². The average Bonchev–Trinajstić information content (AvgIpc) is 2.68. The van der Waals surface area contributed by atoms with Gasteiger partial charge in [-0.05, 0) is 51.2 Å². The second kappa shape index (κ2) is 8.53. The number of fused-ring (bicyclic) bond motifs is 1. The molecule has 0 saturated heterocycles. The quantitative estimate of drug-likeness (QED) is 0.660. The molecule has 3 aromatic rings. The van der Waals surface area contributed by atoms with E-state index >= 15 is 0 Å². The Bertz CT molecular complexity index is 1070. The number of rotatable bonds is 7. The first-order valence-electron chi connectivity index (χ1n) is 9.39. The van der Waals surface area contributed by atoms with Gasteiger partial charge >= 0.3 is 0 Å². The summed E-state index contributed by atoms with van der Waals surface area (Å²) in [6, 6.07) is 7.35. The van der Waals surface area contributed by atoms with Gasteiger partial charge in [0.1, 0.15) is 35.1 Å². The Kier molecular flexibility index (Phi) is 6.08. The monoisotopic (exact) mass is 397 g/mol. The van der Waals surface area contributed by atoms with E-state index in [1.54, 1.807) is 19.2 Å². The molecule has 0 fully saturated rings. The molecule has 0 aliphatic heterocycles. The minimum Gasteiger partial charge on any atom is -0.497 e. The van der Waals surface area contributed by atoms with Gasteiger partial charge in [0.05, 0.1) is 19.7 Å². The predicted octanol–water partition coefficient (Wildman–Crippen LogP) is 3.16. The van der Waals surface area contributed by atoms with Crippen molar-refractivity contribution in [1.29, 1.82) is 0 Å². The third-order valence-corrected chi connectivity index (χ3v) is 4.72. The highest BCUT2D eigenvalue weighted by atomic mass is 16.5. The molecule has 3 rings (SSSR count). The number of methoxy groups -OCH3 is 2. The number of hydrogen-bond donors (Lipinski definition) is 1. The molecule has 7 nitrogen and oxygen atoms in total. The summed E-state index contributed by atoms with van der Waals surface area (Å²) in [4.78, 5) is 22.4. The largest absolute Gasteiger partial charge is 0.497 e. The maximum atomic E-state index is 12.7. The molecule has 7 heteroatoms. The van der Waals surface area contributed by atoms with Gasteiger partial charge in [0.15, 0.2) is 0 Å². The standard InChI is InChI=1S/C22H27N3O4/c1-13-9-15(10-14(2)20(13)29-8-7-25(3)4)21-23-17-11-16(27-5)12-18(28-6)19(17)22(26)24-21/h9-12H,7-8H2,1-6H3,(H,23,24,26). The molecule has 29 heavy (non-hydrogen) atoms. The number of H-pyrrole nitrogens is 1. The van der Waals surface area contributed by atoms with Crippen molar-refractivity contribution in [3.63, 3.8) is 0 Å². The van der Waals surface area contributed by atoms with Gasteiger partial charge in [-0.3, -0.25) is 4.79 Å². The first-order valence-corrected chi connectivity index (χ1v) is 9.39. The van der Waals surface area contributed by atoms with Crippen LogP contribution in [0.5, 0.6) is 17.2 Å². The summed E-state index contributed by atoms with van der Waals surface area (Å²) in [5, 5.41) is 0.397. The molecule has 0 bridgehead atoms. The normalized spacial score (nSPS) is 11.1. The van der Waals surface area contributed by atoms with Crippen molar-refractivity contribution >= 4 is 10.9 Å². The lowest BCUT2D eigenvalue weighted by atomic mass is 10.0. The van der Waals surface area contributed by atoms with Gasteiger partial charge in [0, 0.05) is 24.2 Å². The van der Waals surface area contributed by atoms with Gasteiger partial charge < -0.3 is 24.1 Å². The third-order valence-electron chi connectivity index (χ3n) is 4.72. The summed E-state index contributed by atoms with van der Waals surface area (Å²) in [7, 11) is 7.11. The number of ether oxygens (including phenoxy) is 3. The highest BCUT2D eigenvalue weighted by Gasteiger charge is 2.15. The molecule has 1 N–H and O–H groups in total. The first-order chi connectivity index (χ1) is 13.8. The molecule has 2 aromatic carbocycles. The van der Waals surface area contributed by atoms with Gasteiger partial charge in [-0.2, -0.15) is 0 Å². The van der Waals surface area contributed by atoms with E-state index in [2.05, 4.69) is 14.9 Å². The van der Waals surface area contributed by atoms with Gasteiger partial charge in [-0.25, -0.2) is 4.98 Å². The smallest absolute Gasteiger partial charge is 0.262 e. The number of likely N-dealkylation sites (N-methyl/N-ethyl adjacent to an activating group) is 1. The molecule has 0 saturated carbocycles. The fourth-order valence-corrected chi connectivity index (χ4v) is 3.27. The SMILES string of the molecule is COc1cc(OC)c2c(=O)[nH]c(-c3cc(C)c(OCCN(C)C)c(C)c3)nc2c1. The zero-order chi connectivity index (χ0) is 21.1. The highest BCUT2D eigenvalue weighted by molar-refractivity contribution is 5.87. The van der Waals surface area contributed by atoms with Crippen molar-refractivity contribution in [1.82, 2.24) is 14.9 Å². The first kappa shape index (κ1) is 20.7. The van der Waals surface area contributed by atoms with E-state index in [1.165, 1.54) is 7.11 Å². The molecule has 1 aromatic heterocycles. The number of hydrogen-bond acceptors (Lipinski definition) is 6. The molecule has 0 unspecified atom stereocenters. The molecule has 0 aliphatic carbocycles. The Morgan fingerprint density at radius 1 is 1.03 bits per heavy atom. The number of nitrogens with one attached hydrogen (secondary N) is 1. The van der Waals surface area contributed by atoms with Crippen molar-refractivity contribution < 1.29 is 14.2 Å². The van der Waals surface area contributed by atoms with Crippen LogP contribution in [0, 0.1) is 13.8 Å². The van der Waals surface area contributed by atoms with E-state index < -0.39 is 0 Å². The van der Waals surface area contributed by atoms with Gasteiger partial charge in [-0.15, -0.1) is 0 Å². The molecular weight excluding hydrogens is 370 g/mol. The van der Waals surface area contributed by atoms with Crippen LogP contribution in [-0.2, 0) is 0 Å². The van der Waals surface area contributed by atoms with Crippen LogP contribution in [0.4, 0.5) is 0 Å². The molecule has 154 valence electrons. The lowest BCUT2D eigenvalue weighted by Crippen LogP contribution is -2.20. The van der Waals surface area contributed by atoms with Crippen LogP contribution in [0.1, 0.15) is 11.1 Å². The fourth-order valence-electron chi connectivity index (χ4n) is 3.27. The Morgan fingerprint density at radius 3 is 2.31 bits per heavy atom. The van der Waals surface area contributed by atoms with Crippen LogP contribution < -0.4 is 19.8 Å². The molecule has 0 amide bonds. The van der Waals surface area contributed by atoms with E-state index in [0.717, 1.165) is 29.0 Å². The van der Waals surface area contributed by atoms with Crippen LogP contribution in [-0.4, -0.2) is 56.3 Å². The van der Waals surface area contributed by atoms with Crippen LogP contribution >= 0.6 is 0 Å². The van der Waals surface area contributed by atoms with Gasteiger partial charge in [0.2, 0.25) is 0 Å². The van der Waals surface area contributed by atoms with Crippen molar-refractivity contribution in [2.45, 2.75) is 13.8 Å². The topological polar surface area (TPSA) is 76.7 Å². The van der Waals surface area contributed by atoms with E-state index in [9.17, 15) is 4.79 Å². The number of nitrogens with zero attached hydrogens (tertiary/aromatic N) is 2.